The number of rotatable bonds is 4. The molecule has 2 N–H and O–H groups in total. The second-order valence-corrected chi connectivity index (χ2v) is 5.61. The smallest absolute Gasteiger partial charge is 0.259 e. The number of hydrogen-bond donors (Lipinski definition) is 2. The Morgan fingerprint density at radius 2 is 2.30 bits per heavy atom. The van der Waals surface area contributed by atoms with Gasteiger partial charge in [0, 0.05) is 12.2 Å². The van der Waals surface area contributed by atoms with E-state index in [1.807, 2.05) is 10.6 Å². The molecule has 0 bridgehead atoms. The maximum atomic E-state index is 12.3. The molecule has 1 aliphatic rings. The molecule has 6 heteroatoms. The molecule has 106 valence electrons. The number of pyridine rings is 1. The second kappa shape index (κ2) is 5.36. The molecule has 3 rings (SSSR count). The van der Waals surface area contributed by atoms with Crippen LogP contribution in [0.5, 0.6) is 0 Å². The first-order valence-corrected chi connectivity index (χ1v) is 7.52. The van der Waals surface area contributed by atoms with Crippen LogP contribution in [0.1, 0.15) is 37.4 Å². The zero-order valence-electron chi connectivity index (χ0n) is 11.5. The molecule has 2 aromatic heterocycles. The third-order valence-corrected chi connectivity index (χ3v) is 4.13. The Morgan fingerprint density at radius 3 is 3.10 bits per heavy atom. The van der Waals surface area contributed by atoms with Gasteiger partial charge >= 0.3 is 0 Å². The number of nitrogens with one attached hydrogen (secondary N) is 2. The lowest BCUT2D eigenvalue weighted by Crippen LogP contribution is -2.14. The van der Waals surface area contributed by atoms with Crippen LogP contribution in [0, 0.1) is 4.77 Å². The van der Waals surface area contributed by atoms with Gasteiger partial charge in [-0.3, -0.25) is 9.89 Å². The van der Waals surface area contributed by atoms with E-state index in [1.165, 1.54) is 5.56 Å². The number of H-pyrrole nitrogens is 2. The number of hydrogen-bond acceptors (Lipinski definition) is 3. The molecule has 5 nitrogen and oxygen atoms in total. The Kier molecular flexibility index (Phi) is 3.56. The lowest BCUT2D eigenvalue weighted by molar-refractivity contribution is 0.628. The maximum absolute atomic E-state index is 12.3. The lowest BCUT2D eigenvalue weighted by atomic mass is 10.1. The molecule has 0 spiro atoms. The summed E-state index contributed by atoms with van der Waals surface area (Å²) in [7, 11) is 0. The average molecular weight is 290 g/mol. The largest absolute Gasteiger partial charge is 0.325 e. The highest BCUT2D eigenvalue weighted by Crippen LogP contribution is 2.23. The van der Waals surface area contributed by atoms with Crippen molar-refractivity contribution in [2.45, 2.75) is 45.6 Å². The van der Waals surface area contributed by atoms with Crippen molar-refractivity contribution in [1.82, 2.24) is 19.7 Å². The molecule has 0 amide bonds. The predicted octanol–water partition coefficient (Wildman–Crippen LogP) is 2.58. The molecule has 0 saturated heterocycles. The van der Waals surface area contributed by atoms with Crippen molar-refractivity contribution in [3.05, 3.63) is 32.4 Å². The van der Waals surface area contributed by atoms with Gasteiger partial charge in [0.2, 0.25) is 0 Å². The molecule has 0 aromatic carbocycles. The molecule has 0 atom stereocenters. The van der Waals surface area contributed by atoms with Crippen LogP contribution in [0.3, 0.4) is 0 Å². The Balaban J connectivity index is 2.10. The van der Waals surface area contributed by atoms with Gasteiger partial charge in [-0.1, -0.05) is 13.3 Å². The quantitative estimate of drug-likeness (QED) is 0.851. The summed E-state index contributed by atoms with van der Waals surface area (Å²) >= 11 is 5.26. The minimum atomic E-state index is -0.0719. The van der Waals surface area contributed by atoms with Crippen LogP contribution in [0.25, 0.3) is 11.4 Å². The Morgan fingerprint density at radius 1 is 1.45 bits per heavy atom. The average Bonchev–Trinajstić information content (AvgIpc) is 3.02. The van der Waals surface area contributed by atoms with Crippen LogP contribution in [0.15, 0.2) is 10.9 Å². The molecule has 2 heterocycles. The minimum absolute atomic E-state index is 0.0719. The number of aromatic amines is 2. The number of aryl methyl sites for hydroxylation is 2. The molecule has 2 aromatic rings. The van der Waals surface area contributed by atoms with Gasteiger partial charge in [-0.25, -0.2) is 0 Å². The lowest BCUT2D eigenvalue weighted by Gasteiger charge is -2.07. The molecular formula is C14H18N4OS. The van der Waals surface area contributed by atoms with Crippen LogP contribution in [-0.2, 0) is 19.4 Å². The molecule has 0 radical (unpaired) electrons. The van der Waals surface area contributed by atoms with Crippen molar-refractivity contribution >= 4 is 12.2 Å². The highest BCUT2D eigenvalue weighted by Gasteiger charge is 2.18. The van der Waals surface area contributed by atoms with Crippen molar-refractivity contribution in [3.63, 3.8) is 0 Å². The minimum Gasteiger partial charge on any atom is -0.325 e. The molecule has 0 saturated carbocycles. The zero-order chi connectivity index (χ0) is 14.1. The SMILES string of the molecule is CCCCn1c(-c2cc3c([nH]c2=O)CCC3)n[nH]c1=S. The molecule has 20 heavy (non-hydrogen) atoms. The fourth-order valence-corrected chi connectivity index (χ4v) is 2.95. The van der Waals surface area contributed by atoms with E-state index >= 15 is 0 Å². The first-order chi connectivity index (χ1) is 9.70. The summed E-state index contributed by atoms with van der Waals surface area (Å²) in [6.07, 6.45) is 5.20. The van der Waals surface area contributed by atoms with E-state index in [1.54, 1.807) is 0 Å². The summed E-state index contributed by atoms with van der Waals surface area (Å²) in [6.45, 7) is 2.92. The number of aromatic nitrogens is 4. The topological polar surface area (TPSA) is 66.5 Å². The predicted molar refractivity (Wildman–Crippen MR) is 80.4 cm³/mol. The number of fused-ring (bicyclic) bond motifs is 1. The standard InChI is InChI=1S/C14H18N4OS/c1-2-3-7-18-12(16-17-14(18)20)10-8-9-5-4-6-11(9)15-13(10)19/h8H,2-7H2,1H3,(H,15,19)(H,17,20). The molecular weight excluding hydrogens is 272 g/mol. The van der Waals surface area contributed by atoms with Crippen molar-refractivity contribution in [2.75, 3.05) is 0 Å². The molecule has 0 unspecified atom stereocenters. The Labute approximate surface area is 122 Å². The van der Waals surface area contributed by atoms with E-state index in [9.17, 15) is 4.79 Å². The van der Waals surface area contributed by atoms with Crippen LogP contribution >= 0.6 is 12.2 Å². The summed E-state index contributed by atoms with van der Waals surface area (Å²) in [5, 5.41) is 7.05. The van der Waals surface area contributed by atoms with Crippen molar-refractivity contribution in [1.29, 1.82) is 0 Å². The summed E-state index contributed by atoms with van der Waals surface area (Å²) < 4.78 is 2.50. The summed E-state index contributed by atoms with van der Waals surface area (Å²) in [6, 6.07) is 1.98. The van der Waals surface area contributed by atoms with Crippen molar-refractivity contribution < 1.29 is 0 Å². The van der Waals surface area contributed by atoms with Gasteiger partial charge in [-0.15, -0.1) is 0 Å². The monoisotopic (exact) mass is 290 g/mol. The van der Waals surface area contributed by atoms with Gasteiger partial charge < -0.3 is 9.55 Å². The van der Waals surface area contributed by atoms with Gasteiger partial charge in [-0.05, 0) is 49.5 Å². The van der Waals surface area contributed by atoms with Gasteiger partial charge in [0.25, 0.3) is 5.56 Å². The summed E-state index contributed by atoms with van der Waals surface area (Å²) in [5.74, 6) is 0.652. The highest BCUT2D eigenvalue weighted by atomic mass is 32.1. The molecule has 0 fully saturated rings. The van der Waals surface area contributed by atoms with Crippen molar-refractivity contribution in [2.24, 2.45) is 0 Å². The van der Waals surface area contributed by atoms with Crippen LogP contribution in [-0.4, -0.2) is 19.7 Å². The number of unbranched alkanes of at least 4 members (excludes halogenated alkanes) is 1. The van der Waals surface area contributed by atoms with E-state index in [0.717, 1.165) is 44.3 Å². The third kappa shape index (κ3) is 2.24. The highest BCUT2D eigenvalue weighted by molar-refractivity contribution is 7.71. The maximum Gasteiger partial charge on any atom is 0.259 e. The van der Waals surface area contributed by atoms with Gasteiger partial charge in [0.05, 0.1) is 5.56 Å². The van der Waals surface area contributed by atoms with E-state index < -0.39 is 0 Å². The first-order valence-electron chi connectivity index (χ1n) is 7.11. The van der Waals surface area contributed by atoms with Gasteiger partial charge in [0.1, 0.15) is 0 Å². The Hall–Kier alpha value is -1.69. The summed E-state index contributed by atoms with van der Waals surface area (Å²) in [4.78, 5) is 15.2. The van der Waals surface area contributed by atoms with Crippen LogP contribution < -0.4 is 5.56 Å². The fraction of sp³-hybridized carbons (Fsp3) is 0.500. The second-order valence-electron chi connectivity index (χ2n) is 5.23. The van der Waals surface area contributed by atoms with E-state index in [4.69, 9.17) is 12.2 Å². The zero-order valence-corrected chi connectivity index (χ0v) is 12.3. The molecule has 1 aliphatic carbocycles. The molecule has 0 aliphatic heterocycles. The van der Waals surface area contributed by atoms with Gasteiger partial charge in [0.15, 0.2) is 10.6 Å². The van der Waals surface area contributed by atoms with Gasteiger partial charge in [-0.2, -0.15) is 5.10 Å². The summed E-state index contributed by atoms with van der Waals surface area (Å²) in [5.41, 5.74) is 2.86. The normalized spacial score (nSPS) is 13.7. The van der Waals surface area contributed by atoms with E-state index in [2.05, 4.69) is 22.1 Å². The van der Waals surface area contributed by atoms with Crippen molar-refractivity contribution in [3.8, 4) is 11.4 Å². The third-order valence-electron chi connectivity index (χ3n) is 3.82. The fourth-order valence-electron chi connectivity index (χ4n) is 2.73. The van der Waals surface area contributed by atoms with E-state index in [-0.39, 0.29) is 5.56 Å². The van der Waals surface area contributed by atoms with E-state index in [0.29, 0.717) is 16.2 Å². The van der Waals surface area contributed by atoms with Crippen LogP contribution in [0.2, 0.25) is 0 Å². The number of nitrogens with zero attached hydrogens (tertiary/aromatic N) is 2. The first kappa shape index (κ1) is 13.3. The Bertz CT molecular complexity index is 740. The van der Waals surface area contributed by atoms with Crippen LogP contribution in [0.4, 0.5) is 0 Å².